The molecule has 0 radical (unpaired) electrons. The lowest BCUT2D eigenvalue weighted by atomic mass is 10.1. The van der Waals surface area contributed by atoms with Crippen molar-refractivity contribution < 1.29 is 14.3 Å². The first-order valence-corrected chi connectivity index (χ1v) is 9.36. The summed E-state index contributed by atoms with van der Waals surface area (Å²) >= 11 is 1.59. The van der Waals surface area contributed by atoms with Gasteiger partial charge in [-0.05, 0) is 12.1 Å². The second kappa shape index (κ2) is 7.61. The molecule has 0 bridgehead atoms. The number of urea groups is 1. The number of imidazole rings is 1. The minimum absolute atomic E-state index is 0.356. The normalized spacial score (nSPS) is 10.6. The van der Waals surface area contributed by atoms with Crippen LogP contribution >= 0.6 is 11.3 Å². The molecule has 2 amide bonds. The summed E-state index contributed by atoms with van der Waals surface area (Å²) < 4.78 is 12.4. The van der Waals surface area contributed by atoms with Crippen LogP contribution in [0.5, 0.6) is 11.5 Å². The van der Waals surface area contributed by atoms with Crippen LogP contribution in [0.1, 0.15) is 0 Å². The first-order chi connectivity index (χ1) is 13.6. The van der Waals surface area contributed by atoms with Crippen LogP contribution in [-0.2, 0) is 0 Å². The molecule has 0 aliphatic rings. The molecular weight excluding hydrogens is 376 g/mol. The summed E-state index contributed by atoms with van der Waals surface area (Å²) in [7, 11) is 3.12. The molecule has 4 aromatic rings. The van der Waals surface area contributed by atoms with Crippen LogP contribution in [0.3, 0.4) is 0 Å². The van der Waals surface area contributed by atoms with E-state index in [1.54, 1.807) is 43.8 Å². The highest BCUT2D eigenvalue weighted by molar-refractivity contribution is 7.15. The molecule has 28 heavy (non-hydrogen) atoms. The summed E-state index contributed by atoms with van der Waals surface area (Å²) in [5.41, 5.74) is 3.13. The van der Waals surface area contributed by atoms with E-state index in [4.69, 9.17) is 9.47 Å². The van der Waals surface area contributed by atoms with E-state index < -0.39 is 0 Å². The van der Waals surface area contributed by atoms with Crippen molar-refractivity contribution in [3.8, 4) is 22.8 Å². The number of carbonyl (C=O) groups excluding carboxylic acids is 1. The van der Waals surface area contributed by atoms with Gasteiger partial charge in [0.1, 0.15) is 11.5 Å². The third-order valence-corrected chi connectivity index (χ3v) is 4.91. The van der Waals surface area contributed by atoms with Crippen molar-refractivity contribution in [1.82, 2.24) is 9.38 Å². The Kier molecular flexibility index (Phi) is 4.86. The van der Waals surface area contributed by atoms with Crippen LogP contribution in [0.2, 0.25) is 0 Å². The molecule has 2 aromatic carbocycles. The zero-order valence-corrected chi connectivity index (χ0v) is 16.1. The summed E-state index contributed by atoms with van der Waals surface area (Å²) in [6.45, 7) is 0. The van der Waals surface area contributed by atoms with Crippen molar-refractivity contribution >= 4 is 33.7 Å². The fraction of sp³-hybridized carbons (Fsp3) is 0.100. The molecule has 4 rings (SSSR count). The molecule has 0 aliphatic carbocycles. The standard InChI is InChI=1S/C20H18N4O3S/c1-26-16-9-15(10-17(11-16)27-2)22-19(25)21-14-5-3-13(4-6-14)18-12-24-7-8-28-20(24)23-18/h3-12H,1-2H3,(H2,21,22,25). The molecule has 7 nitrogen and oxygen atoms in total. The third kappa shape index (κ3) is 3.77. The molecule has 0 saturated carbocycles. The number of anilines is 2. The number of amides is 2. The van der Waals surface area contributed by atoms with Crippen LogP contribution in [0.25, 0.3) is 16.2 Å². The Hall–Kier alpha value is -3.52. The van der Waals surface area contributed by atoms with Gasteiger partial charge in [0.2, 0.25) is 0 Å². The molecule has 2 heterocycles. The highest BCUT2D eigenvalue weighted by atomic mass is 32.1. The van der Waals surface area contributed by atoms with E-state index >= 15 is 0 Å². The van der Waals surface area contributed by atoms with E-state index in [1.165, 1.54) is 0 Å². The van der Waals surface area contributed by atoms with E-state index in [9.17, 15) is 4.79 Å². The van der Waals surface area contributed by atoms with Crippen molar-refractivity contribution in [2.75, 3.05) is 24.9 Å². The second-order valence-corrected chi connectivity index (χ2v) is 6.85. The smallest absolute Gasteiger partial charge is 0.323 e. The molecule has 0 saturated heterocycles. The molecular formula is C20H18N4O3S. The predicted molar refractivity (Wildman–Crippen MR) is 111 cm³/mol. The van der Waals surface area contributed by atoms with E-state index in [2.05, 4.69) is 15.6 Å². The van der Waals surface area contributed by atoms with Crippen LogP contribution in [-0.4, -0.2) is 29.6 Å². The van der Waals surface area contributed by atoms with E-state index in [0.717, 1.165) is 16.2 Å². The molecule has 8 heteroatoms. The molecule has 2 N–H and O–H groups in total. The van der Waals surface area contributed by atoms with Gasteiger partial charge in [0, 0.05) is 52.9 Å². The maximum atomic E-state index is 12.3. The van der Waals surface area contributed by atoms with Crippen molar-refractivity contribution in [3.05, 3.63) is 60.2 Å². The number of carbonyl (C=O) groups is 1. The number of rotatable bonds is 5. The first-order valence-electron chi connectivity index (χ1n) is 8.48. The van der Waals surface area contributed by atoms with Gasteiger partial charge in [-0.25, -0.2) is 9.78 Å². The average molecular weight is 394 g/mol. The van der Waals surface area contributed by atoms with Gasteiger partial charge in [0.05, 0.1) is 19.9 Å². The topological polar surface area (TPSA) is 76.9 Å². The fourth-order valence-electron chi connectivity index (χ4n) is 2.76. The molecule has 0 fully saturated rings. The van der Waals surface area contributed by atoms with Gasteiger partial charge in [-0.15, -0.1) is 11.3 Å². The van der Waals surface area contributed by atoms with Crippen molar-refractivity contribution in [1.29, 1.82) is 0 Å². The number of ether oxygens (including phenoxy) is 2. The highest BCUT2D eigenvalue weighted by Gasteiger charge is 2.08. The van der Waals surface area contributed by atoms with Crippen molar-refractivity contribution in [3.63, 3.8) is 0 Å². The molecule has 0 aliphatic heterocycles. The van der Waals surface area contributed by atoms with Gasteiger partial charge in [0.25, 0.3) is 0 Å². The monoisotopic (exact) mass is 394 g/mol. The van der Waals surface area contributed by atoms with Gasteiger partial charge in [-0.3, -0.25) is 4.40 Å². The molecule has 0 unspecified atom stereocenters. The Morgan fingerprint density at radius 3 is 2.32 bits per heavy atom. The Morgan fingerprint density at radius 1 is 1.00 bits per heavy atom. The maximum Gasteiger partial charge on any atom is 0.323 e. The summed E-state index contributed by atoms with van der Waals surface area (Å²) in [6.07, 6.45) is 3.96. The number of aromatic nitrogens is 2. The Bertz CT molecular complexity index is 1070. The highest BCUT2D eigenvalue weighted by Crippen LogP contribution is 2.26. The van der Waals surface area contributed by atoms with Crippen LogP contribution in [0.15, 0.2) is 60.2 Å². The molecule has 0 atom stereocenters. The lowest BCUT2D eigenvalue weighted by Crippen LogP contribution is -2.19. The Balaban J connectivity index is 1.44. The summed E-state index contributed by atoms with van der Waals surface area (Å²) in [4.78, 5) is 17.8. The number of benzene rings is 2. The number of nitrogens with one attached hydrogen (secondary N) is 2. The fourth-order valence-corrected chi connectivity index (χ4v) is 3.46. The molecule has 0 spiro atoms. The van der Waals surface area contributed by atoms with Gasteiger partial charge in [-0.2, -0.15) is 0 Å². The summed E-state index contributed by atoms with van der Waals surface area (Å²) in [6, 6.07) is 12.4. The SMILES string of the molecule is COc1cc(NC(=O)Nc2ccc(-c3cn4ccsc4n3)cc2)cc(OC)c1. The zero-order chi connectivity index (χ0) is 19.5. The van der Waals surface area contributed by atoms with Crippen molar-refractivity contribution in [2.45, 2.75) is 0 Å². The largest absolute Gasteiger partial charge is 0.497 e. The Labute approximate surface area is 165 Å². The zero-order valence-electron chi connectivity index (χ0n) is 15.3. The van der Waals surface area contributed by atoms with Crippen LogP contribution in [0.4, 0.5) is 16.2 Å². The quantitative estimate of drug-likeness (QED) is 0.513. The lowest BCUT2D eigenvalue weighted by Gasteiger charge is -2.11. The lowest BCUT2D eigenvalue weighted by molar-refractivity contribution is 0.262. The minimum Gasteiger partial charge on any atom is -0.497 e. The number of fused-ring (bicyclic) bond motifs is 1. The van der Waals surface area contributed by atoms with Gasteiger partial charge in [-0.1, -0.05) is 12.1 Å². The number of hydrogen-bond donors (Lipinski definition) is 2. The van der Waals surface area contributed by atoms with E-state index in [0.29, 0.717) is 22.9 Å². The van der Waals surface area contributed by atoms with Crippen molar-refractivity contribution in [2.24, 2.45) is 0 Å². The average Bonchev–Trinajstić information content (AvgIpc) is 3.30. The first kappa shape index (κ1) is 17.9. The van der Waals surface area contributed by atoms with Gasteiger partial charge < -0.3 is 20.1 Å². The maximum absolute atomic E-state index is 12.3. The van der Waals surface area contributed by atoms with E-state index in [1.807, 2.05) is 46.4 Å². The number of thiazole rings is 1. The summed E-state index contributed by atoms with van der Waals surface area (Å²) in [5, 5.41) is 7.58. The second-order valence-electron chi connectivity index (χ2n) is 5.98. The summed E-state index contributed by atoms with van der Waals surface area (Å²) in [5.74, 6) is 1.19. The molecule has 142 valence electrons. The molecule has 2 aromatic heterocycles. The predicted octanol–water partition coefficient (Wildman–Crippen LogP) is 4.72. The van der Waals surface area contributed by atoms with Gasteiger partial charge >= 0.3 is 6.03 Å². The third-order valence-electron chi connectivity index (χ3n) is 4.14. The van der Waals surface area contributed by atoms with E-state index in [-0.39, 0.29) is 6.03 Å². The number of methoxy groups -OCH3 is 2. The number of nitrogens with zero attached hydrogens (tertiary/aromatic N) is 2. The van der Waals surface area contributed by atoms with Gasteiger partial charge in [0.15, 0.2) is 4.96 Å². The Morgan fingerprint density at radius 2 is 1.68 bits per heavy atom. The van der Waals surface area contributed by atoms with Crippen LogP contribution < -0.4 is 20.1 Å². The minimum atomic E-state index is -0.356. The number of hydrogen-bond acceptors (Lipinski definition) is 5. The van der Waals surface area contributed by atoms with Crippen LogP contribution in [0, 0.1) is 0 Å².